The van der Waals surface area contributed by atoms with E-state index in [2.05, 4.69) is 42.7 Å². The highest BCUT2D eigenvalue weighted by Crippen LogP contribution is 2.30. The highest BCUT2D eigenvalue weighted by Gasteiger charge is 2.27. The van der Waals surface area contributed by atoms with Crippen LogP contribution in [0.2, 0.25) is 0 Å². The Kier molecular flexibility index (Phi) is 8.37. The second-order valence-electron chi connectivity index (χ2n) is 9.66. The zero-order chi connectivity index (χ0) is 24.8. The number of nitrogens with zero attached hydrogens (tertiary/aromatic N) is 6. The van der Waals surface area contributed by atoms with Gasteiger partial charge in [-0.25, -0.2) is 14.6 Å². The van der Waals surface area contributed by atoms with Crippen LogP contribution in [0, 0.1) is 12.8 Å². The molecule has 1 atom stereocenters. The lowest BCUT2D eigenvalue weighted by molar-refractivity contribution is -0.135. The minimum absolute atomic E-state index is 0.148. The number of hydrogen-bond acceptors (Lipinski definition) is 5. The van der Waals surface area contributed by atoms with Crippen molar-refractivity contribution >= 4 is 22.8 Å². The van der Waals surface area contributed by atoms with Gasteiger partial charge in [-0.15, -0.1) is 0 Å². The number of carbonyl (C=O) groups is 1. The summed E-state index contributed by atoms with van der Waals surface area (Å²) in [4.78, 5) is 27.7. The van der Waals surface area contributed by atoms with Gasteiger partial charge in [-0.1, -0.05) is 51.8 Å². The third kappa shape index (κ3) is 5.49. The molecule has 3 heterocycles. The summed E-state index contributed by atoms with van der Waals surface area (Å²) in [5.74, 6) is 2.30. The second-order valence-corrected chi connectivity index (χ2v) is 9.66. The van der Waals surface area contributed by atoms with E-state index in [-0.39, 0.29) is 5.92 Å². The van der Waals surface area contributed by atoms with Gasteiger partial charge in [0.15, 0.2) is 5.65 Å². The maximum Gasteiger partial charge on any atom is 0.225 e. The van der Waals surface area contributed by atoms with E-state index < -0.39 is 0 Å². The third-order valence-corrected chi connectivity index (χ3v) is 7.06. The van der Waals surface area contributed by atoms with Crippen LogP contribution in [0.3, 0.4) is 0 Å². The molecule has 0 spiro atoms. The molecule has 0 unspecified atom stereocenters. The van der Waals surface area contributed by atoms with Crippen molar-refractivity contribution in [3.05, 3.63) is 41.9 Å². The number of unbranched alkanes of at least 4 members (excludes halogenated alkanes) is 1. The highest BCUT2D eigenvalue weighted by atomic mass is 16.2. The molecule has 1 saturated heterocycles. The summed E-state index contributed by atoms with van der Waals surface area (Å²) in [6, 6.07) is 10.2. The molecule has 0 aliphatic carbocycles. The van der Waals surface area contributed by atoms with E-state index in [0.29, 0.717) is 5.91 Å². The minimum Gasteiger partial charge on any atom is -0.354 e. The van der Waals surface area contributed by atoms with Crippen LogP contribution in [0.4, 0.5) is 5.82 Å². The Hall–Kier alpha value is -2.96. The molecule has 0 bridgehead atoms. The number of fused-ring (bicyclic) bond motifs is 1. The largest absolute Gasteiger partial charge is 0.354 e. The molecule has 7 nitrogen and oxygen atoms in total. The van der Waals surface area contributed by atoms with Crippen molar-refractivity contribution in [2.45, 2.75) is 72.6 Å². The summed E-state index contributed by atoms with van der Waals surface area (Å²) in [5.41, 5.74) is 2.80. The van der Waals surface area contributed by atoms with Crippen molar-refractivity contribution in [2.24, 2.45) is 5.92 Å². The minimum atomic E-state index is 0.148. The molecule has 3 aromatic rings. The van der Waals surface area contributed by atoms with Gasteiger partial charge in [-0.05, 0) is 44.7 Å². The van der Waals surface area contributed by atoms with Crippen LogP contribution < -0.4 is 4.90 Å². The molecule has 0 saturated carbocycles. The fourth-order valence-corrected chi connectivity index (χ4v) is 5.08. The summed E-state index contributed by atoms with van der Waals surface area (Å²) >= 11 is 0. The number of anilines is 1. The number of amides is 1. The number of rotatable bonds is 9. The Labute approximate surface area is 209 Å². The first-order valence-corrected chi connectivity index (χ1v) is 13.4. The summed E-state index contributed by atoms with van der Waals surface area (Å²) in [6.07, 6.45) is 6.93. The van der Waals surface area contributed by atoms with E-state index in [4.69, 9.17) is 15.1 Å². The third-order valence-electron chi connectivity index (χ3n) is 7.06. The Morgan fingerprint density at radius 1 is 1.00 bits per heavy atom. The monoisotopic (exact) mass is 476 g/mol. The second kappa shape index (κ2) is 11.6. The first kappa shape index (κ1) is 25.1. The Bertz CT molecular complexity index is 1130. The first-order chi connectivity index (χ1) is 17.1. The number of carbonyl (C=O) groups excluding carboxylic acids is 1. The van der Waals surface area contributed by atoms with E-state index in [1.807, 2.05) is 29.8 Å². The van der Waals surface area contributed by atoms with E-state index >= 15 is 0 Å². The van der Waals surface area contributed by atoms with Gasteiger partial charge in [-0.3, -0.25) is 4.79 Å². The van der Waals surface area contributed by atoms with Crippen molar-refractivity contribution in [1.29, 1.82) is 0 Å². The van der Waals surface area contributed by atoms with Crippen LogP contribution in [0.15, 0.2) is 30.3 Å². The van der Waals surface area contributed by atoms with Gasteiger partial charge in [-0.2, -0.15) is 5.10 Å². The number of aryl methyl sites for hydroxylation is 2. The van der Waals surface area contributed by atoms with Crippen LogP contribution >= 0.6 is 0 Å². The van der Waals surface area contributed by atoms with Gasteiger partial charge < -0.3 is 9.80 Å². The summed E-state index contributed by atoms with van der Waals surface area (Å²) in [6.45, 7) is 11.7. The van der Waals surface area contributed by atoms with Crippen molar-refractivity contribution < 1.29 is 4.79 Å². The highest BCUT2D eigenvalue weighted by molar-refractivity contribution is 5.91. The molecule has 1 aliphatic heterocycles. The molecule has 1 aliphatic rings. The average Bonchev–Trinajstić information content (AvgIpc) is 3.04. The smallest absolute Gasteiger partial charge is 0.225 e. The predicted octanol–water partition coefficient (Wildman–Crippen LogP) is 5.33. The van der Waals surface area contributed by atoms with Crippen molar-refractivity contribution in [2.75, 3.05) is 31.1 Å². The van der Waals surface area contributed by atoms with Crippen molar-refractivity contribution in [3.8, 4) is 5.69 Å². The van der Waals surface area contributed by atoms with Crippen LogP contribution in [-0.2, 0) is 11.2 Å². The molecule has 0 N–H and O–H groups in total. The summed E-state index contributed by atoms with van der Waals surface area (Å²) in [5, 5.41) is 5.89. The molecule has 4 rings (SSSR count). The first-order valence-electron chi connectivity index (χ1n) is 13.4. The molecule has 35 heavy (non-hydrogen) atoms. The van der Waals surface area contributed by atoms with E-state index in [1.165, 1.54) is 0 Å². The SMILES string of the molecule is CCCC[C@@H](CC)C(=O)N1CCCN(c2nc(CCC)nc3c2c(C)nn3-c2ccccc2)CC1. The van der Waals surface area contributed by atoms with Gasteiger partial charge in [0.25, 0.3) is 0 Å². The normalized spacial score (nSPS) is 15.4. The number of hydrogen-bond donors (Lipinski definition) is 0. The van der Waals surface area contributed by atoms with Crippen molar-refractivity contribution in [3.63, 3.8) is 0 Å². The van der Waals surface area contributed by atoms with Crippen LogP contribution in [0.25, 0.3) is 16.7 Å². The standard InChI is InChI=1S/C28H40N6O/c1-5-8-14-22(7-3)28(35)33-18-12-17-32(19-20-33)26-25-21(4)31-34(23-15-10-9-11-16-23)27(25)30-24(29-26)13-6-2/h9-11,15-16,22H,5-8,12-14,17-20H2,1-4H3/t22-/m1/s1. The molecule has 188 valence electrons. The van der Waals surface area contributed by atoms with Crippen LogP contribution in [0.5, 0.6) is 0 Å². The lowest BCUT2D eigenvalue weighted by Gasteiger charge is -2.26. The molecular formula is C28H40N6O. The van der Waals surface area contributed by atoms with Gasteiger partial charge in [0.2, 0.25) is 5.91 Å². The summed E-state index contributed by atoms with van der Waals surface area (Å²) < 4.78 is 1.95. The molecule has 2 aromatic heterocycles. The maximum absolute atomic E-state index is 13.3. The van der Waals surface area contributed by atoms with Gasteiger partial charge >= 0.3 is 0 Å². The lowest BCUT2D eigenvalue weighted by atomic mass is 9.97. The van der Waals surface area contributed by atoms with Crippen molar-refractivity contribution in [1.82, 2.24) is 24.6 Å². The van der Waals surface area contributed by atoms with Crippen LogP contribution in [-0.4, -0.2) is 56.7 Å². The maximum atomic E-state index is 13.3. The topological polar surface area (TPSA) is 67.2 Å². The Balaban J connectivity index is 1.65. The molecule has 0 radical (unpaired) electrons. The van der Waals surface area contributed by atoms with E-state index in [1.54, 1.807) is 0 Å². The van der Waals surface area contributed by atoms with Crippen LogP contribution in [0.1, 0.15) is 70.8 Å². The van der Waals surface area contributed by atoms with Gasteiger partial charge in [0, 0.05) is 38.5 Å². The van der Waals surface area contributed by atoms with Gasteiger partial charge in [0.05, 0.1) is 16.8 Å². The molecule has 7 heteroatoms. The fraction of sp³-hybridized carbons (Fsp3) is 0.571. The lowest BCUT2D eigenvalue weighted by Crippen LogP contribution is -2.39. The quantitative estimate of drug-likeness (QED) is 0.417. The number of para-hydroxylation sites is 1. The fourth-order valence-electron chi connectivity index (χ4n) is 5.08. The zero-order valence-electron chi connectivity index (χ0n) is 21.8. The zero-order valence-corrected chi connectivity index (χ0v) is 21.8. The molecule has 1 fully saturated rings. The van der Waals surface area contributed by atoms with E-state index in [0.717, 1.165) is 105 Å². The summed E-state index contributed by atoms with van der Waals surface area (Å²) in [7, 11) is 0. The van der Waals surface area contributed by atoms with E-state index in [9.17, 15) is 4.79 Å². The average molecular weight is 477 g/mol. The Morgan fingerprint density at radius 3 is 2.51 bits per heavy atom. The molecule has 1 amide bonds. The number of aromatic nitrogens is 4. The Morgan fingerprint density at radius 2 is 1.80 bits per heavy atom. The van der Waals surface area contributed by atoms with Gasteiger partial charge in [0.1, 0.15) is 11.6 Å². The predicted molar refractivity (Wildman–Crippen MR) is 142 cm³/mol. The number of benzene rings is 1. The molecule has 1 aromatic carbocycles. The molecular weight excluding hydrogens is 436 g/mol.